The minimum atomic E-state index is -0.156. The Morgan fingerprint density at radius 2 is 1.95 bits per heavy atom. The highest BCUT2D eigenvalue weighted by Crippen LogP contribution is 2.46. The quantitative estimate of drug-likeness (QED) is 0.780. The molecule has 0 saturated heterocycles. The maximum absolute atomic E-state index is 11.4. The Bertz CT molecular complexity index is 456. The van der Waals surface area contributed by atoms with Crippen LogP contribution < -0.4 is 0 Å². The van der Waals surface area contributed by atoms with Crippen LogP contribution in [0.25, 0.3) is 0 Å². The van der Waals surface area contributed by atoms with Gasteiger partial charge in [-0.05, 0) is 24.0 Å². The van der Waals surface area contributed by atoms with Crippen LogP contribution in [0.15, 0.2) is 18.2 Å². The van der Waals surface area contributed by atoms with Crippen molar-refractivity contribution in [1.29, 1.82) is 0 Å². The van der Waals surface area contributed by atoms with Crippen LogP contribution in [0.5, 0.6) is 0 Å². The fourth-order valence-electron chi connectivity index (χ4n) is 2.29. The second kappa shape index (κ2) is 6.12. The minimum absolute atomic E-state index is 0.0354. The first kappa shape index (κ1) is 14.6. The Hall–Kier alpha value is -0.770. The monoisotopic (exact) mass is 302 g/mol. The van der Waals surface area contributed by atoms with Gasteiger partial charge in [-0.2, -0.15) is 0 Å². The average Bonchev–Trinajstić information content (AvgIpc) is 3.02. The molecule has 0 spiro atoms. The van der Waals surface area contributed by atoms with Gasteiger partial charge in [0.15, 0.2) is 0 Å². The molecule has 104 valence electrons. The first-order chi connectivity index (χ1) is 9.06. The highest BCUT2D eigenvalue weighted by atomic mass is 35.5. The minimum Gasteiger partial charge on any atom is -0.469 e. The van der Waals surface area contributed by atoms with E-state index in [1.807, 2.05) is 6.92 Å². The molecule has 0 aliphatic heterocycles. The molecule has 3 nitrogen and oxygen atoms in total. The molecule has 1 aromatic carbocycles. The maximum atomic E-state index is 11.4. The van der Waals surface area contributed by atoms with Crippen LogP contribution in [0.4, 0.5) is 0 Å². The standard InChI is InChI=1S/C14H16Cl2O3/c1-8-9(13(8)14(17)18-2)6-19-7-10-11(15)4-3-5-12(10)16/h3-5,8-9,13H,6-7H2,1-2H3. The summed E-state index contributed by atoms with van der Waals surface area (Å²) in [5, 5.41) is 1.20. The van der Waals surface area contributed by atoms with Crippen molar-refractivity contribution < 1.29 is 14.3 Å². The summed E-state index contributed by atoms with van der Waals surface area (Å²) in [4.78, 5) is 11.4. The Balaban J connectivity index is 1.84. The number of carbonyl (C=O) groups is 1. The largest absolute Gasteiger partial charge is 0.469 e. The van der Waals surface area contributed by atoms with Crippen molar-refractivity contribution in [1.82, 2.24) is 0 Å². The SMILES string of the molecule is COC(=O)C1C(C)C1COCc1c(Cl)cccc1Cl. The van der Waals surface area contributed by atoms with Crippen molar-refractivity contribution in [3.05, 3.63) is 33.8 Å². The third kappa shape index (κ3) is 3.22. The van der Waals surface area contributed by atoms with E-state index in [2.05, 4.69) is 0 Å². The topological polar surface area (TPSA) is 35.5 Å². The summed E-state index contributed by atoms with van der Waals surface area (Å²) in [6.45, 7) is 2.90. The van der Waals surface area contributed by atoms with E-state index in [1.165, 1.54) is 7.11 Å². The van der Waals surface area contributed by atoms with Crippen LogP contribution in [0.2, 0.25) is 10.0 Å². The molecule has 1 aliphatic carbocycles. The van der Waals surface area contributed by atoms with Gasteiger partial charge in [0, 0.05) is 15.6 Å². The molecule has 0 aromatic heterocycles. The number of rotatable bonds is 5. The lowest BCUT2D eigenvalue weighted by molar-refractivity contribution is -0.143. The molecule has 1 saturated carbocycles. The molecule has 1 fully saturated rings. The zero-order chi connectivity index (χ0) is 14.0. The van der Waals surface area contributed by atoms with Gasteiger partial charge in [0.2, 0.25) is 0 Å². The van der Waals surface area contributed by atoms with E-state index in [1.54, 1.807) is 18.2 Å². The van der Waals surface area contributed by atoms with Crippen molar-refractivity contribution in [2.24, 2.45) is 17.8 Å². The molecule has 0 amide bonds. The van der Waals surface area contributed by atoms with Crippen LogP contribution in [0.3, 0.4) is 0 Å². The smallest absolute Gasteiger partial charge is 0.309 e. The number of carbonyl (C=O) groups excluding carboxylic acids is 1. The molecule has 3 atom stereocenters. The van der Waals surface area contributed by atoms with Crippen LogP contribution in [-0.2, 0) is 20.9 Å². The summed E-state index contributed by atoms with van der Waals surface area (Å²) in [5.41, 5.74) is 0.786. The molecular formula is C14H16Cl2O3. The van der Waals surface area contributed by atoms with E-state index in [9.17, 15) is 4.79 Å². The highest BCUT2D eigenvalue weighted by Gasteiger charge is 2.52. The van der Waals surface area contributed by atoms with E-state index < -0.39 is 0 Å². The molecule has 3 unspecified atom stereocenters. The van der Waals surface area contributed by atoms with E-state index in [0.717, 1.165) is 5.56 Å². The summed E-state index contributed by atoms with van der Waals surface area (Å²) in [5.74, 6) is 0.353. The zero-order valence-corrected chi connectivity index (χ0v) is 12.4. The Morgan fingerprint density at radius 3 is 2.53 bits per heavy atom. The number of methoxy groups -OCH3 is 1. The van der Waals surface area contributed by atoms with E-state index >= 15 is 0 Å². The van der Waals surface area contributed by atoms with Crippen LogP contribution in [-0.4, -0.2) is 19.7 Å². The van der Waals surface area contributed by atoms with E-state index in [0.29, 0.717) is 29.2 Å². The van der Waals surface area contributed by atoms with Crippen molar-refractivity contribution in [2.75, 3.05) is 13.7 Å². The summed E-state index contributed by atoms with van der Waals surface area (Å²) >= 11 is 12.1. The first-order valence-electron chi connectivity index (χ1n) is 6.14. The van der Waals surface area contributed by atoms with Gasteiger partial charge >= 0.3 is 5.97 Å². The fourth-order valence-corrected chi connectivity index (χ4v) is 2.80. The number of hydrogen-bond donors (Lipinski definition) is 0. The average molecular weight is 303 g/mol. The number of hydrogen-bond acceptors (Lipinski definition) is 3. The Labute approximate surface area is 122 Å². The van der Waals surface area contributed by atoms with Crippen molar-refractivity contribution in [2.45, 2.75) is 13.5 Å². The lowest BCUT2D eigenvalue weighted by atomic mass is 10.2. The third-order valence-electron chi connectivity index (χ3n) is 3.65. The summed E-state index contributed by atoms with van der Waals surface area (Å²) in [7, 11) is 1.41. The molecule has 1 aliphatic rings. The molecule has 0 N–H and O–H groups in total. The number of esters is 1. The van der Waals surface area contributed by atoms with Gasteiger partial charge in [0.25, 0.3) is 0 Å². The number of halogens is 2. The van der Waals surface area contributed by atoms with Gasteiger partial charge in [0.1, 0.15) is 0 Å². The predicted molar refractivity (Wildman–Crippen MR) is 74.3 cm³/mol. The number of ether oxygens (including phenoxy) is 2. The molecule has 5 heteroatoms. The normalized spacial score (nSPS) is 25.2. The first-order valence-corrected chi connectivity index (χ1v) is 6.90. The van der Waals surface area contributed by atoms with E-state index in [4.69, 9.17) is 32.7 Å². The molecule has 19 heavy (non-hydrogen) atoms. The molecule has 2 rings (SSSR count). The van der Waals surface area contributed by atoms with Gasteiger partial charge in [-0.15, -0.1) is 0 Å². The van der Waals surface area contributed by atoms with Crippen LogP contribution in [0.1, 0.15) is 12.5 Å². The third-order valence-corrected chi connectivity index (χ3v) is 4.36. The van der Waals surface area contributed by atoms with Gasteiger partial charge < -0.3 is 9.47 Å². The Kier molecular flexibility index (Phi) is 4.71. The highest BCUT2D eigenvalue weighted by molar-refractivity contribution is 6.35. The van der Waals surface area contributed by atoms with Gasteiger partial charge in [-0.1, -0.05) is 36.2 Å². The van der Waals surface area contributed by atoms with Gasteiger partial charge in [0.05, 0.1) is 26.2 Å². The van der Waals surface area contributed by atoms with Crippen molar-refractivity contribution in [3.63, 3.8) is 0 Å². The lowest BCUT2D eigenvalue weighted by Crippen LogP contribution is -2.07. The zero-order valence-electron chi connectivity index (χ0n) is 10.9. The van der Waals surface area contributed by atoms with Crippen LogP contribution >= 0.6 is 23.2 Å². The molecule has 0 bridgehead atoms. The summed E-state index contributed by atoms with van der Waals surface area (Å²) in [6.07, 6.45) is 0. The predicted octanol–water partition coefficient (Wildman–Crippen LogP) is 3.57. The van der Waals surface area contributed by atoms with Crippen LogP contribution in [0, 0.1) is 17.8 Å². The van der Waals surface area contributed by atoms with Gasteiger partial charge in [-0.25, -0.2) is 0 Å². The Morgan fingerprint density at radius 1 is 1.32 bits per heavy atom. The molecule has 1 aromatic rings. The molecule has 0 heterocycles. The second-order valence-electron chi connectivity index (χ2n) is 4.79. The second-order valence-corrected chi connectivity index (χ2v) is 5.60. The summed E-state index contributed by atoms with van der Waals surface area (Å²) in [6, 6.07) is 5.36. The van der Waals surface area contributed by atoms with Crippen molar-refractivity contribution in [3.8, 4) is 0 Å². The maximum Gasteiger partial charge on any atom is 0.309 e. The van der Waals surface area contributed by atoms with Gasteiger partial charge in [-0.3, -0.25) is 4.79 Å². The van der Waals surface area contributed by atoms with Crippen molar-refractivity contribution >= 4 is 29.2 Å². The molecular weight excluding hydrogens is 287 g/mol. The molecule has 0 radical (unpaired) electrons. The lowest BCUT2D eigenvalue weighted by Gasteiger charge is -2.07. The van der Waals surface area contributed by atoms with E-state index in [-0.39, 0.29) is 17.8 Å². The fraction of sp³-hybridized carbons (Fsp3) is 0.500. The summed E-state index contributed by atoms with van der Waals surface area (Å²) < 4.78 is 10.4. The number of benzene rings is 1.